The van der Waals surface area contributed by atoms with E-state index >= 15 is 0 Å². The molecule has 3 aromatic heterocycles. The van der Waals surface area contributed by atoms with Crippen molar-refractivity contribution in [2.75, 3.05) is 11.9 Å². The summed E-state index contributed by atoms with van der Waals surface area (Å²) in [5, 5.41) is 19.2. The number of benzene rings is 1. The van der Waals surface area contributed by atoms with Crippen molar-refractivity contribution in [1.82, 2.24) is 9.78 Å². The smallest absolute Gasteiger partial charge is 0.348 e. The maximum atomic E-state index is 12.5. The van der Waals surface area contributed by atoms with Crippen LogP contribution >= 0.6 is 22.7 Å². The number of esters is 1. The lowest BCUT2D eigenvalue weighted by molar-refractivity contribution is -0.119. The van der Waals surface area contributed by atoms with Crippen LogP contribution in [0.5, 0.6) is 0 Å². The first kappa shape index (κ1) is 19.8. The molecule has 0 unspecified atom stereocenters. The normalized spacial score (nSPS) is 10.7. The van der Waals surface area contributed by atoms with Crippen molar-refractivity contribution in [3.05, 3.63) is 69.5 Å². The van der Waals surface area contributed by atoms with Crippen LogP contribution in [0.15, 0.2) is 47.8 Å². The van der Waals surface area contributed by atoms with Gasteiger partial charge >= 0.3 is 5.97 Å². The monoisotopic (exact) mass is 436 g/mol. The van der Waals surface area contributed by atoms with Gasteiger partial charge in [-0.2, -0.15) is 10.4 Å². The van der Waals surface area contributed by atoms with Crippen LogP contribution in [0.25, 0.3) is 10.2 Å². The van der Waals surface area contributed by atoms with Gasteiger partial charge in [-0.3, -0.25) is 9.48 Å². The number of nitriles is 1. The Hall–Kier alpha value is -3.48. The van der Waals surface area contributed by atoms with Crippen molar-refractivity contribution in [3.63, 3.8) is 0 Å². The summed E-state index contributed by atoms with van der Waals surface area (Å²) < 4.78 is 7.03. The molecule has 30 heavy (non-hydrogen) atoms. The van der Waals surface area contributed by atoms with Gasteiger partial charge in [0.15, 0.2) is 6.61 Å². The zero-order chi connectivity index (χ0) is 21.1. The fraction of sp³-hybridized carbons (Fsp3) is 0.143. The Morgan fingerprint density at radius 1 is 1.27 bits per heavy atom. The molecule has 0 aliphatic carbocycles. The number of hydrogen-bond acceptors (Lipinski definition) is 7. The van der Waals surface area contributed by atoms with Crippen LogP contribution in [0, 0.1) is 18.3 Å². The summed E-state index contributed by atoms with van der Waals surface area (Å²) >= 11 is 2.53. The molecule has 1 N–H and O–H groups in total. The highest BCUT2D eigenvalue weighted by atomic mass is 32.1. The summed E-state index contributed by atoms with van der Waals surface area (Å²) in [5.74, 6) is -1.06. The Labute approximate surface area is 180 Å². The van der Waals surface area contributed by atoms with Gasteiger partial charge < -0.3 is 10.1 Å². The third-order valence-corrected chi connectivity index (χ3v) is 6.32. The van der Waals surface area contributed by atoms with Crippen LogP contribution in [-0.4, -0.2) is 28.3 Å². The highest BCUT2D eigenvalue weighted by Gasteiger charge is 2.19. The van der Waals surface area contributed by atoms with E-state index in [1.165, 1.54) is 22.7 Å². The van der Waals surface area contributed by atoms with Gasteiger partial charge in [-0.05, 0) is 30.0 Å². The number of carbonyl (C=O) groups excluding carboxylic acids is 2. The fourth-order valence-electron chi connectivity index (χ4n) is 2.94. The molecule has 150 valence electrons. The second-order valence-corrected chi connectivity index (χ2v) is 8.40. The van der Waals surface area contributed by atoms with Crippen molar-refractivity contribution in [2.24, 2.45) is 0 Å². The van der Waals surface area contributed by atoms with E-state index in [1.807, 2.05) is 48.0 Å². The third kappa shape index (κ3) is 4.10. The summed E-state index contributed by atoms with van der Waals surface area (Å²) in [7, 11) is 0. The number of nitrogens with zero attached hydrogens (tertiary/aromatic N) is 3. The van der Waals surface area contributed by atoms with Crippen molar-refractivity contribution < 1.29 is 14.3 Å². The van der Waals surface area contributed by atoms with E-state index in [4.69, 9.17) is 10.00 Å². The largest absolute Gasteiger partial charge is 0.451 e. The van der Waals surface area contributed by atoms with Crippen molar-refractivity contribution in [3.8, 4) is 6.07 Å². The summed E-state index contributed by atoms with van der Waals surface area (Å²) in [6.45, 7) is 2.07. The first-order valence-corrected chi connectivity index (χ1v) is 10.7. The fourth-order valence-corrected chi connectivity index (χ4v) is 4.74. The Bertz CT molecular complexity index is 1260. The Morgan fingerprint density at radius 2 is 2.07 bits per heavy atom. The van der Waals surface area contributed by atoms with Crippen LogP contribution in [-0.2, 0) is 16.1 Å². The van der Waals surface area contributed by atoms with Crippen LogP contribution in [0.1, 0.15) is 26.5 Å². The molecule has 7 nitrogen and oxygen atoms in total. The van der Waals surface area contributed by atoms with Gasteiger partial charge in [-0.25, -0.2) is 4.79 Å². The molecule has 0 bridgehead atoms. The van der Waals surface area contributed by atoms with Gasteiger partial charge in [0.25, 0.3) is 5.91 Å². The molecule has 1 aromatic carbocycles. The predicted molar refractivity (Wildman–Crippen MR) is 116 cm³/mol. The van der Waals surface area contributed by atoms with E-state index in [0.29, 0.717) is 22.0 Å². The quantitative estimate of drug-likeness (QED) is 0.457. The maximum absolute atomic E-state index is 12.5. The van der Waals surface area contributed by atoms with E-state index < -0.39 is 18.5 Å². The molecule has 0 aliphatic rings. The minimum atomic E-state index is -0.566. The van der Waals surface area contributed by atoms with Gasteiger partial charge in [-0.1, -0.05) is 30.3 Å². The number of amides is 1. The molecule has 0 atom stereocenters. The van der Waals surface area contributed by atoms with Gasteiger partial charge in [0.1, 0.15) is 20.8 Å². The number of thiophene rings is 2. The lowest BCUT2D eigenvalue weighted by Crippen LogP contribution is -2.20. The summed E-state index contributed by atoms with van der Waals surface area (Å²) in [6.07, 6.45) is 0. The van der Waals surface area contributed by atoms with E-state index in [2.05, 4.69) is 10.4 Å². The van der Waals surface area contributed by atoms with Gasteiger partial charge in [0.2, 0.25) is 0 Å². The number of aryl methyl sites for hydroxylation is 1. The number of aromatic nitrogens is 2. The number of anilines is 1. The first-order valence-electron chi connectivity index (χ1n) is 9.00. The highest BCUT2D eigenvalue weighted by molar-refractivity contribution is 7.20. The van der Waals surface area contributed by atoms with E-state index in [9.17, 15) is 9.59 Å². The number of ether oxygens (including phenoxy) is 1. The Balaban J connectivity index is 1.44. The topological polar surface area (TPSA) is 97.0 Å². The van der Waals surface area contributed by atoms with E-state index in [-0.39, 0.29) is 0 Å². The summed E-state index contributed by atoms with van der Waals surface area (Å²) in [4.78, 5) is 25.8. The molecular formula is C21H16N4O3S2. The zero-order valence-electron chi connectivity index (χ0n) is 15.9. The molecule has 0 fully saturated rings. The van der Waals surface area contributed by atoms with Gasteiger partial charge in [-0.15, -0.1) is 22.7 Å². The van der Waals surface area contributed by atoms with Crippen LogP contribution in [0.3, 0.4) is 0 Å². The van der Waals surface area contributed by atoms with Crippen molar-refractivity contribution in [2.45, 2.75) is 13.5 Å². The highest BCUT2D eigenvalue weighted by Crippen LogP contribution is 2.29. The first-order chi connectivity index (χ1) is 14.5. The summed E-state index contributed by atoms with van der Waals surface area (Å²) in [6, 6.07) is 15.3. The van der Waals surface area contributed by atoms with E-state index in [0.717, 1.165) is 21.5 Å². The van der Waals surface area contributed by atoms with Crippen LogP contribution in [0.2, 0.25) is 0 Å². The average Bonchev–Trinajstić information content (AvgIpc) is 3.45. The molecule has 4 aromatic rings. The number of fused-ring (bicyclic) bond motifs is 1. The third-order valence-electron chi connectivity index (χ3n) is 4.36. The van der Waals surface area contributed by atoms with Crippen molar-refractivity contribution >= 4 is 49.8 Å². The minimum absolute atomic E-state index is 0.377. The van der Waals surface area contributed by atoms with Crippen LogP contribution in [0.4, 0.5) is 5.00 Å². The number of rotatable bonds is 6. The SMILES string of the molecule is Cc1nn(Cc2ccccc2)c2sc(C(=O)OCC(=O)Nc3sccc3C#N)cc12. The molecule has 0 saturated heterocycles. The predicted octanol–water partition coefficient (Wildman–Crippen LogP) is 4.18. The molecule has 0 spiro atoms. The van der Waals surface area contributed by atoms with Crippen molar-refractivity contribution in [1.29, 1.82) is 5.26 Å². The van der Waals surface area contributed by atoms with E-state index in [1.54, 1.807) is 17.5 Å². The standard InChI is InChI=1S/C21H16N4O3S2/c1-13-16-9-17(30-20(16)25(24-13)11-14-5-3-2-4-6-14)21(27)28-12-18(26)23-19-15(10-22)7-8-29-19/h2-9H,11-12H2,1H3,(H,23,26). The molecular weight excluding hydrogens is 420 g/mol. The molecule has 1 amide bonds. The molecule has 0 aliphatic heterocycles. The summed E-state index contributed by atoms with van der Waals surface area (Å²) in [5.41, 5.74) is 2.32. The van der Waals surface area contributed by atoms with Gasteiger partial charge in [0, 0.05) is 5.39 Å². The molecule has 4 rings (SSSR count). The lowest BCUT2D eigenvalue weighted by atomic mass is 10.2. The molecule has 0 radical (unpaired) electrons. The molecule has 9 heteroatoms. The Morgan fingerprint density at radius 3 is 2.83 bits per heavy atom. The number of nitrogens with one attached hydrogen (secondary N) is 1. The Kier molecular flexibility index (Phi) is 5.61. The lowest BCUT2D eigenvalue weighted by Gasteiger charge is -2.04. The average molecular weight is 437 g/mol. The zero-order valence-corrected chi connectivity index (χ0v) is 17.5. The second kappa shape index (κ2) is 8.49. The second-order valence-electron chi connectivity index (χ2n) is 6.46. The minimum Gasteiger partial charge on any atom is -0.451 e. The maximum Gasteiger partial charge on any atom is 0.348 e. The number of hydrogen-bond donors (Lipinski definition) is 1. The molecule has 3 heterocycles. The van der Waals surface area contributed by atoms with Gasteiger partial charge in [0.05, 0.1) is 17.8 Å². The molecule has 0 saturated carbocycles. The number of carbonyl (C=O) groups is 2. The van der Waals surface area contributed by atoms with Crippen LogP contribution < -0.4 is 5.32 Å².